The van der Waals surface area contributed by atoms with Gasteiger partial charge in [-0.05, 0) is 72.9 Å². The van der Waals surface area contributed by atoms with E-state index in [2.05, 4.69) is 38.1 Å². The lowest BCUT2D eigenvalue weighted by atomic mass is 10.0. The van der Waals surface area contributed by atoms with Crippen molar-refractivity contribution in [2.45, 2.75) is 52.0 Å². The maximum Gasteiger partial charge on any atom is 0.261 e. The highest BCUT2D eigenvalue weighted by Gasteiger charge is 2.13. The van der Waals surface area contributed by atoms with E-state index < -0.39 is 0 Å². The summed E-state index contributed by atoms with van der Waals surface area (Å²) in [6.07, 6.45) is 3.98. The molecule has 1 aromatic heterocycles. The molecule has 0 N–H and O–H groups in total. The Morgan fingerprint density at radius 1 is 0.829 bits per heavy atom. The second-order valence-corrected chi connectivity index (χ2v) is 9.12. The van der Waals surface area contributed by atoms with E-state index in [0.717, 1.165) is 48.3 Å². The van der Waals surface area contributed by atoms with E-state index in [1.54, 1.807) is 7.11 Å². The quantitative estimate of drug-likeness (QED) is 0.225. The van der Waals surface area contributed by atoms with Gasteiger partial charge in [0.15, 0.2) is 0 Å². The Kier molecular flexibility index (Phi) is 8.19. The summed E-state index contributed by atoms with van der Waals surface area (Å²) in [5.41, 5.74) is 2.96. The molecule has 0 saturated heterocycles. The van der Waals surface area contributed by atoms with Crippen molar-refractivity contribution in [2.75, 3.05) is 13.7 Å². The Labute approximate surface area is 207 Å². The third kappa shape index (κ3) is 6.10. The molecule has 0 bridgehead atoms. The van der Waals surface area contributed by atoms with Crippen LogP contribution in [0.2, 0.25) is 0 Å². The number of unbranched alkanes of at least 4 members (excludes halogenated alkanes) is 3. The first kappa shape index (κ1) is 24.5. The second-order valence-electron chi connectivity index (χ2n) is 9.12. The summed E-state index contributed by atoms with van der Waals surface area (Å²) < 4.78 is 13.0. The van der Waals surface area contributed by atoms with Gasteiger partial charge >= 0.3 is 0 Å². The first-order valence-corrected chi connectivity index (χ1v) is 12.4. The van der Waals surface area contributed by atoms with E-state index in [1.807, 2.05) is 53.1 Å². The Hall–Kier alpha value is -3.60. The highest BCUT2D eigenvalue weighted by atomic mass is 16.5. The minimum absolute atomic E-state index is 0.00889. The van der Waals surface area contributed by atoms with Crippen LogP contribution in [0.5, 0.6) is 11.5 Å². The molecule has 0 radical (unpaired) electrons. The van der Waals surface area contributed by atoms with Gasteiger partial charge < -0.3 is 9.47 Å². The maximum absolute atomic E-state index is 13.3. The molecular weight excluding hydrogens is 436 g/mol. The lowest BCUT2D eigenvalue weighted by Gasteiger charge is -2.14. The summed E-state index contributed by atoms with van der Waals surface area (Å²) in [5.74, 6) is 2.93. The zero-order valence-corrected chi connectivity index (χ0v) is 20.9. The average Bonchev–Trinajstić information content (AvgIpc) is 2.89. The van der Waals surface area contributed by atoms with E-state index in [0.29, 0.717) is 30.3 Å². The topological polar surface area (TPSA) is 53.3 Å². The van der Waals surface area contributed by atoms with Crippen molar-refractivity contribution in [3.05, 3.63) is 88.7 Å². The summed E-state index contributed by atoms with van der Waals surface area (Å²) in [7, 11) is 1.65. The number of hydrogen-bond acceptors (Lipinski definition) is 4. The monoisotopic (exact) mass is 470 g/mol. The van der Waals surface area contributed by atoms with Crippen LogP contribution in [0.3, 0.4) is 0 Å². The molecule has 182 valence electrons. The van der Waals surface area contributed by atoms with Gasteiger partial charge in [0.2, 0.25) is 0 Å². The number of benzene rings is 3. The smallest absolute Gasteiger partial charge is 0.261 e. The first-order chi connectivity index (χ1) is 17.1. The van der Waals surface area contributed by atoms with E-state index in [1.165, 1.54) is 5.56 Å². The van der Waals surface area contributed by atoms with E-state index in [-0.39, 0.29) is 5.56 Å². The standard InChI is InChI=1S/C30H34N2O3/c1-22(2)23-12-18-26(19-13-23)35-21-9-5-4-8-20-32-29(24-14-16-25(34-3)17-15-24)31-28-11-7-6-10-27(28)30(32)33/h6-7,10-19,22H,4-5,8-9,20-21H2,1-3H3. The molecule has 0 spiro atoms. The van der Waals surface area contributed by atoms with Crippen molar-refractivity contribution < 1.29 is 9.47 Å². The maximum atomic E-state index is 13.3. The normalized spacial score (nSPS) is 11.2. The summed E-state index contributed by atoms with van der Waals surface area (Å²) in [5, 5.41) is 0.654. The lowest BCUT2D eigenvalue weighted by molar-refractivity contribution is 0.304. The Morgan fingerprint density at radius 2 is 1.51 bits per heavy atom. The van der Waals surface area contributed by atoms with Gasteiger partial charge in [-0.1, -0.05) is 51.0 Å². The number of aromatic nitrogens is 2. The fraction of sp³-hybridized carbons (Fsp3) is 0.333. The van der Waals surface area contributed by atoms with Gasteiger partial charge in [-0.2, -0.15) is 0 Å². The summed E-state index contributed by atoms with van der Waals surface area (Å²) in [6, 6.07) is 23.6. The van der Waals surface area contributed by atoms with Gasteiger partial charge in [0.05, 0.1) is 24.6 Å². The number of fused-ring (bicyclic) bond motifs is 1. The third-order valence-corrected chi connectivity index (χ3v) is 6.30. The SMILES string of the molecule is COc1ccc(-c2nc3ccccc3c(=O)n2CCCCCCOc2ccc(C(C)C)cc2)cc1. The second kappa shape index (κ2) is 11.7. The van der Waals surface area contributed by atoms with Gasteiger partial charge in [0.25, 0.3) is 5.56 Å². The molecule has 5 nitrogen and oxygen atoms in total. The fourth-order valence-electron chi connectivity index (χ4n) is 4.20. The van der Waals surface area contributed by atoms with Crippen molar-refractivity contribution in [2.24, 2.45) is 0 Å². The largest absolute Gasteiger partial charge is 0.497 e. The number of rotatable bonds is 11. The molecule has 0 aliphatic rings. The lowest BCUT2D eigenvalue weighted by Crippen LogP contribution is -2.23. The van der Waals surface area contributed by atoms with Gasteiger partial charge in [0.1, 0.15) is 17.3 Å². The van der Waals surface area contributed by atoms with Crippen molar-refractivity contribution >= 4 is 10.9 Å². The molecule has 1 heterocycles. The van der Waals surface area contributed by atoms with Crippen molar-refractivity contribution in [3.63, 3.8) is 0 Å². The zero-order chi connectivity index (χ0) is 24.6. The Balaban J connectivity index is 1.36. The molecule has 35 heavy (non-hydrogen) atoms. The molecular formula is C30H34N2O3. The molecule has 0 fully saturated rings. The van der Waals surface area contributed by atoms with Crippen LogP contribution in [0.25, 0.3) is 22.3 Å². The van der Waals surface area contributed by atoms with Crippen LogP contribution in [0, 0.1) is 0 Å². The average molecular weight is 471 g/mol. The molecule has 4 aromatic rings. The van der Waals surface area contributed by atoms with E-state index in [9.17, 15) is 4.79 Å². The third-order valence-electron chi connectivity index (χ3n) is 6.30. The molecule has 0 amide bonds. The summed E-state index contributed by atoms with van der Waals surface area (Å²) in [4.78, 5) is 18.2. The number of ether oxygens (including phenoxy) is 2. The molecule has 0 aliphatic heterocycles. The molecule has 3 aromatic carbocycles. The van der Waals surface area contributed by atoms with E-state index in [4.69, 9.17) is 14.5 Å². The predicted molar refractivity (Wildman–Crippen MR) is 142 cm³/mol. The van der Waals surface area contributed by atoms with Crippen LogP contribution in [-0.2, 0) is 6.54 Å². The van der Waals surface area contributed by atoms with Gasteiger partial charge in [-0.15, -0.1) is 0 Å². The van der Waals surface area contributed by atoms with E-state index >= 15 is 0 Å². The van der Waals surface area contributed by atoms with Gasteiger partial charge in [-0.3, -0.25) is 9.36 Å². The van der Waals surface area contributed by atoms with Crippen LogP contribution < -0.4 is 15.0 Å². The van der Waals surface area contributed by atoms with Crippen LogP contribution in [0.1, 0.15) is 51.0 Å². The van der Waals surface area contributed by atoms with Crippen LogP contribution in [0.15, 0.2) is 77.6 Å². The Bertz CT molecular complexity index is 1290. The minimum Gasteiger partial charge on any atom is -0.497 e. The van der Waals surface area contributed by atoms with Crippen molar-refractivity contribution in [1.29, 1.82) is 0 Å². The summed E-state index contributed by atoms with van der Waals surface area (Å²) in [6.45, 7) is 5.72. The number of nitrogens with zero attached hydrogens (tertiary/aromatic N) is 2. The van der Waals surface area contributed by atoms with Gasteiger partial charge in [0, 0.05) is 12.1 Å². The molecule has 0 unspecified atom stereocenters. The zero-order valence-electron chi connectivity index (χ0n) is 20.9. The number of methoxy groups -OCH3 is 1. The van der Waals surface area contributed by atoms with Crippen molar-refractivity contribution in [3.8, 4) is 22.9 Å². The van der Waals surface area contributed by atoms with Crippen LogP contribution in [0.4, 0.5) is 0 Å². The molecule has 5 heteroatoms. The first-order valence-electron chi connectivity index (χ1n) is 12.4. The minimum atomic E-state index is 0.00889. The predicted octanol–water partition coefficient (Wildman–Crippen LogP) is 6.83. The molecule has 0 saturated carbocycles. The van der Waals surface area contributed by atoms with Crippen LogP contribution in [-0.4, -0.2) is 23.3 Å². The van der Waals surface area contributed by atoms with Gasteiger partial charge in [-0.25, -0.2) is 4.98 Å². The molecule has 4 rings (SSSR count). The van der Waals surface area contributed by atoms with Crippen LogP contribution >= 0.6 is 0 Å². The highest BCUT2D eigenvalue weighted by molar-refractivity contribution is 5.79. The highest BCUT2D eigenvalue weighted by Crippen LogP contribution is 2.23. The molecule has 0 atom stereocenters. The summed E-state index contributed by atoms with van der Waals surface area (Å²) >= 11 is 0. The van der Waals surface area contributed by atoms with Crippen molar-refractivity contribution in [1.82, 2.24) is 9.55 Å². The fourth-order valence-corrected chi connectivity index (χ4v) is 4.20. The molecule has 0 aliphatic carbocycles. The number of hydrogen-bond donors (Lipinski definition) is 0. The number of para-hydroxylation sites is 1. The Morgan fingerprint density at radius 3 is 2.23 bits per heavy atom.